The molecule has 1 fully saturated rings. The van der Waals surface area contributed by atoms with Crippen molar-refractivity contribution in [1.29, 1.82) is 5.26 Å². The molecule has 2 atom stereocenters. The molecule has 10 heteroatoms. The molecule has 0 heterocycles. The first kappa shape index (κ1) is 20.6. The Hall–Kier alpha value is -2.11. The number of nitrogens with zero attached hydrogens (tertiary/aromatic N) is 1. The number of rotatable bonds is 3. The Labute approximate surface area is 165 Å². The predicted molar refractivity (Wildman–Crippen MR) is 89.0 cm³/mol. The van der Waals surface area contributed by atoms with Crippen LogP contribution in [-0.4, -0.2) is 4.33 Å². The normalized spacial score (nSPS) is 21.1. The minimum atomic E-state index is -4.96. The summed E-state index contributed by atoms with van der Waals surface area (Å²) in [7, 11) is 0. The first-order valence-electron chi connectivity index (χ1n) is 7.69. The third-order valence-electron chi connectivity index (χ3n) is 4.43. The average Bonchev–Trinajstić information content (AvgIpc) is 3.16. The van der Waals surface area contributed by atoms with Crippen molar-refractivity contribution >= 4 is 23.2 Å². The van der Waals surface area contributed by atoms with Crippen LogP contribution in [0.4, 0.5) is 26.3 Å². The molecule has 1 aliphatic rings. The van der Waals surface area contributed by atoms with Gasteiger partial charge in [-0.3, -0.25) is 0 Å². The minimum absolute atomic E-state index is 0.0546. The zero-order valence-corrected chi connectivity index (χ0v) is 15.1. The second-order valence-corrected chi connectivity index (χ2v) is 7.68. The molecule has 1 aliphatic carbocycles. The smallest absolute Gasteiger partial charge is 0.388 e. The molecule has 1 saturated carbocycles. The Morgan fingerprint density at radius 3 is 1.71 bits per heavy atom. The van der Waals surface area contributed by atoms with Gasteiger partial charge in [-0.2, -0.15) is 26.3 Å². The number of hydrogen-bond donors (Lipinski definition) is 0. The van der Waals surface area contributed by atoms with E-state index in [-0.39, 0.29) is 17.4 Å². The lowest BCUT2D eigenvalue weighted by Gasteiger charge is -2.14. The summed E-state index contributed by atoms with van der Waals surface area (Å²) in [4.78, 5) is 0. The SMILES string of the molecule is N#COc1ccc(C2C(c3cc(C(F)(F)F)cc(C(F)(F)F)c3)C2(Cl)Cl)cc1. The quantitative estimate of drug-likeness (QED) is 0.305. The molecular weight excluding hydrogens is 431 g/mol. The van der Waals surface area contributed by atoms with Gasteiger partial charge in [0.25, 0.3) is 6.26 Å². The van der Waals surface area contributed by atoms with Gasteiger partial charge in [0.1, 0.15) is 10.1 Å². The number of hydrogen-bond acceptors (Lipinski definition) is 2. The van der Waals surface area contributed by atoms with E-state index in [0.717, 1.165) is 0 Å². The summed E-state index contributed by atoms with van der Waals surface area (Å²) in [6, 6.07) is 7.15. The summed E-state index contributed by atoms with van der Waals surface area (Å²) < 4.78 is 81.5. The van der Waals surface area contributed by atoms with Crippen molar-refractivity contribution in [1.82, 2.24) is 0 Å². The maximum Gasteiger partial charge on any atom is 0.416 e. The predicted octanol–water partition coefficient (Wildman–Crippen LogP) is 6.64. The largest absolute Gasteiger partial charge is 0.416 e. The monoisotopic (exact) mass is 439 g/mol. The van der Waals surface area contributed by atoms with Crippen LogP contribution in [0.25, 0.3) is 0 Å². The molecule has 0 spiro atoms. The van der Waals surface area contributed by atoms with Gasteiger partial charge in [-0.25, -0.2) is 0 Å². The molecule has 0 radical (unpaired) electrons. The lowest BCUT2D eigenvalue weighted by atomic mass is 9.99. The minimum Gasteiger partial charge on any atom is -0.388 e. The zero-order chi connectivity index (χ0) is 20.9. The Morgan fingerprint density at radius 1 is 0.821 bits per heavy atom. The maximum absolute atomic E-state index is 13.1. The molecule has 0 aliphatic heterocycles. The summed E-state index contributed by atoms with van der Waals surface area (Å²) in [6.07, 6.45) is -8.45. The van der Waals surface area contributed by atoms with Crippen molar-refractivity contribution in [2.24, 2.45) is 0 Å². The summed E-state index contributed by atoms with van der Waals surface area (Å²) in [5.74, 6) is -1.48. The van der Waals surface area contributed by atoms with Gasteiger partial charge in [-0.05, 0) is 41.5 Å². The molecule has 148 valence electrons. The van der Waals surface area contributed by atoms with E-state index in [0.29, 0.717) is 17.7 Å². The van der Waals surface area contributed by atoms with Crippen molar-refractivity contribution < 1.29 is 31.1 Å². The second kappa shape index (κ2) is 6.75. The molecule has 2 aromatic carbocycles. The van der Waals surface area contributed by atoms with Crippen LogP contribution in [0.15, 0.2) is 42.5 Å². The fraction of sp³-hybridized carbons (Fsp3) is 0.278. The Kier molecular flexibility index (Phi) is 4.97. The van der Waals surface area contributed by atoms with Gasteiger partial charge in [-0.1, -0.05) is 12.1 Å². The summed E-state index contributed by atoms with van der Waals surface area (Å²) in [5.41, 5.74) is -2.62. The van der Waals surface area contributed by atoms with Crippen LogP contribution < -0.4 is 4.74 Å². The molecule has 28 heavy (non-hydrogen) atoms. The molecular formula is C18H9Cl2F6NO. The lowest BCUT2D eigenvalue weighted by Crippen LogP contribution is -2.12. The average molecular weight is 440 g/mol. The Balaban J connectivity index is 2.02. The molecule has 2 aromatic rings. The number of ether oxygens (including phenoxy) is 1. The van der Waals surface area contributed by atoms with Gasteiger partial charge >= 0.3 is 12.4 Å². The van der Waals surface area contributed by atoms with E-state index >= 15 is 0 Å². The highest BCUT2D eigenvalue weighted by Crippen LogP contribution is 2.70. The first-order valence-corrected chi connectivity index (χ1v) is 8.44. The van der Waals surface area contributed by atoms with Crippen LogP contribution in [0.2, 0.25) is 0 Å². The van der Waals surface area contributed by atoms with Crippen LogP contribution in [0, 0.1) is 11.5 Å². The van der Waals surface area contributed by atoms with Gasteiger partial charge < -0.3 is 4.74 Å². The highest BCUT2D eigenvalue weighted by Gasteiger charge is 2.64. The zero-order valence-electron chi connectivity index (χ0n) is 13.6. The van der Waals surface area contributed by atoms with Crippen molar-refractivity contribution in [3.63, 3.8) is 0 Å². The van der Waals surface area contributed by atoms with Crippen molar-refractivity contribution in [2.75, 3.05) is 0 Å². The number of benzene rings is 2. The van der Waals surface area contributed by atoms with E-state index in [9.17, 15) is 26.3 Å². The van der Waals surface area contributed by atoms with Crippen LogP contribution in [0.5, 0.6) is 5.75 Å². The van der Waals surface area contributed by atoms with Gasteiger partial charge in [-0.15, -0.1) is 28.5 Å². The summed E-state index contributed by atoms with van der Waals surface area (Å²) >= 11 is 12.4. The van der Waals surface area contributed by atoms with E-state index in [2.05, 4.69) is 4.74 Å². The van der Waals surface area contributed by atoms with Crippen LogP contribution in [0.3, 0.4) is 0 Å². The van der Waals surface area contributed by atoms with Crippen LogP contribution >= 0.6 is 23.2 Å². The summed E-state index contributed by atoms with van der Waals surface area (Å²) in [6.45, 7) is 0. The lowest BCUT2D eigenvalue weighted by molar-refractivity contribution is -0.143. The highest BCUT2D eigenvalue weighted by molar-refractivity contribution is 6.52. The fourth-order valence-corrected chi connectivity index (χ4v) is 3.99. The van der Waals surface area contributed by atoms with Gasteiger partial charge in [0.2, 0.25) is 0 Å². The van der Waals surface area contributed by atoms with E-state index in [1.165, 1.54) is 30.5 Å². The van der Waals surface area contributed by atoms with Crippen LogP contribution in [-0.2, 0) is 12.4 Å². The number of alkyl halides is 8. The standard InChI is InChI=1S/C18H9Cl2F6NO/c19-16(20)14(9-1-3-13(4-2-9)28-8-27)15(16)10-5-11(17(21,22)23)7-12(6-10)18(24,25)26/h1-7,14-15H. The Morgan fingerprint density at radius 2 is 1.29 bits per heavy atom. The Bertz CT molecular complexity index is 899. The van der Waals surface area contributed by atoms with E-state index < -0.39 is 39.6 Å². The molecule has 0 N–H and O–H groups in total. The third-order valence-corrected chi connectivity index (χ3v) is 5.37. The molecule has 0 aromatic heterocycles. The van der Waals surface area contributed by atoms with Gasteiger partial charge in [0.05, 0.1) is 11.1 Å². The van der Waals surface area contributed by atoms with E-state index in [1.807, 2.05) is 0 Å². The van der Waals surface area contributed by atoms with Crippen LogP contribution in [0.1, 0.15) is 34.1 Å². The molecule has 3 rings (SSSR count). The summed E-state index contributed by atoms with van der Waals surface area (Å²) in [5, 5.41) is 8.47. The second-order valence-electron chi connectivity index (χ2n) is 6.23. The van der Waals surface area contributed by atoms with Crippen molar-refractivity contribution in [3.05, 3.63) is 64.7 Å². The van der Waals surface area contributed by atoms with Crippen molar-refractivity contribution in [2.45, 2.75) is 28.5 Å². The van der Waals surface area contributed by atoms with E-state index in [4.69, 9.17) is 28.5 Å². The topological polar surface area (TPSA) is 33.0 Å². The van der Waals surface area contributed by atoms with Gasteiger partial charge in [0.15, 0.2) is 0 Å². The molecule has 0 saturated heterocycles. The number of nitriles is 1. The third kappa shape index (κ3) is 3.87. The van der Waals surface area contributed by atoms with Crippen molar-refractivity contribution in [3.8, 4) is 12.0 Å². The van der Waals surface area contributed by atoms with Gasteiger partial charge in [0, 0.05) is 11.8 Å². The van der Waals surface area contributed by atoms with E-state index in [1.54, 1.807) is 0 Å². The maximum atomic E-state index is 13.1. The first-order chi connectivity index (χ1) is 12.9. The molecule has 0 amide bonds. The fourth-order valence-electron chi connectivity index (χ4n) is 3.11. The molecule has 0 bridgehead atoms. The number of halogens is 8. The highest BCUT2D eigenvalue weighted by atomic mass is 35.5. The molecule has 2 nitrogen and oxygen atoms in total. The molecule has 2 unspecified atom stereocenters.